The van der Waals surface area contributed by atoms with Gasteiger partial charge in [0.25, 0.3) is 0 Å². The lowest BCUT2D eigenvalue weighted by Crippen LogP contribution is -2.14. The minimum atomic E-state index is -0.146. The van der Waals surface area contributed by atoms with E-state index in [2.05, 4.69) is 40.4 Å². The van der Waals surface area contributed by atoms with Gasteiger partial charge in [0.05, 0.1) is 38.1 Å². The molecule has 0 bridgehead atoms. The van der Waals surface area contributed by atoms with Crippen LogP contribution in [0.4, 0.5) is 0 Å². The summed E-state index contributed by atoms with van der Waals surface area (Å²) in [5.41, 5.74) is 4.84. The fourth-order valence-electron chi connectivity index (χ4n) is 5.34. The van der Waals surface area contributed by atoms with Gasteiger partial charge in [0, 0.05) is 23.3 Å². The second-order valence-electron chi connectivity index (χ2n) is 9.98. The van der Waals surface area contributed by atoms with E-state index in [1.54, 1.807) is 41.2 Å². The van der Waals surface area contributed by atoms with Crippen molar-refractivity contribution >= 4 is 33.7 Å². The quantitative estimate of drug-likeness (QED) is 0.278. The molecule has 2 fully saturated rings. The van der Waals surface area contributed by atoms with Crippen LogP contribution in [0.2, 0.25) is 0 Å². The van der Waals surface area contributed by atoms with Crippen molar-refractivity contribution < 1.29 is 19.7 Å². The molecule has 0 amide bonds. The summed E-state index contributed by atoms with van der Waals surface area (Å²) >= 11 is 1.63. The van der Waals surface area contributed by atoms with Crippen molar-refractivity contribution in [3.63, 3.8) is 0 Å². The summed E-state index contributed by atoms with van der Waals surface area (Å²) in [6, 6.07) is 3.86. The van der Waals surface area contributed by atoms with E-state index in [9.17, 15) is 10.2 Å². The Morgan fingerprint density at radius 3 is 2.02 bits per heavy atom. The van der Waals surface area contributed by atoms with Crippen LogP contribution in [0.15, 0.2) is 60.6 Å². The van der Waals surface area contributed by atoms with Gasteiger partial charge in [-0.3, -0.25) is 9.13 Å². The molecule has 2 saturated heterocycles. The lowest BCUT2D eigenvalue weighted by Gasteiger charge is -2.13. The molecule has 2 aliphatic heterocycles. The van der Waals surface area contributed by atoms with E-state index in [-0.39, 0.29) is 37.9 Å². The highest BCUT2D eigenvalue weighted by atomic mass is 32.1. The number of hydrogen-bond donors (Lipinski definition) is 2. The number of hydrogen-bond acceptors (Lipinski definition) is 12. The molecule has 0 radical (unpaired) electrons. The molecule has 6 aromatic rings. The molecule has 0 spiro atoms. The summed E-state index contributed by atoms with van der Waals surface area (Å²) < 4.78 is 17.1. The molecule has 4 unspecified atom stereocenters. The highest BCUT2D eigenvalue weighted by molar-refractivity contribution is 7.08. The molecule has 4 atom stereocenters. The molecule has 230 valence electrons. The maximum absolute atomic E-state index is 9.19. The van der Waals surface area contributed by atoms with E-state index >= 15 is 0 Å². The van der Waals surface area contributed by atoms with Gasteiger partial charge in [0.15, 0.2) is 22.6 Å². The van der Waals surface area contributed by atoms with Crippen LogP contribution in [0.25, 0.3) is 39.4 Å². The number of imidazole rings is 2. The van der Waals surface area contributed by atoms with Gasteiger partial charge in [0.2, 0.25) is 0 Å². The molecular formula is C29H34N10O4S. The number of aliphatic hydroxyl groups excluding tert-OH is 2. The van der Waals surface area contributed by atoms with Crippen LogP contribution in [0.1, 0.15) is 52.0 Å². The fraction of sp³-hybridized carbons (Fsp3) is 0.414. The molecule has 2 aliphatic rings. The molecule has 0 aromatic carbocycles. The molecule has 44 heavy (non-hydrogen) atoms. The van der Waals surface area contributed by atoms with E-state index in [1.807, 2.05) is 46.7 Å². The Kier molecular flexibility index (Phi) is 9.28. The van der Waals surface area contributed by atoms with Gasteiger partial charge >= 0.3 is 0 Å². The van der Waals surface area contributed by atoms with Gasteiger partial charge in [-0.1, -0.05) is 13.8 Å². The highest BCUT2D eigenvalue weighted by Gasteiger charge is 2.29. The average Bonchev–Trinajstić information content (AvgIpc) is 3.91. The van der Waals surface area contributed by atoms with Gasteiger partial charge in [-0.2, -0.15) is 16.4 Å². The lowest BCUT2D eigenvalue weighted by molar-refractivity contribution is -0.0207. The minimum Gasteiger partial charge on any atom is -0.394 e. The molecule has 0 aliphatic carbocycles. The average molecular weight is 619 g/mol. The number of thiophene rings is 1. The van der Waals surface area contributed by atoms with Gasteiger partial charge < -0.3 is 19.7 Å². The molecular weight excluding hydrogens is 584 g/mol. The molecule has 14 nitrogen and oxygen atoms in total. The third-order valence-electron chi connectivity index (χ3n) is 7.41. The summed E-state index contributed by atoms with van der Waals surface area (Å²) in [6.07, 6.45) is 12.9. The van der Waals surface area contributed by atoms with Crippen LogP contribution < -0.4 is 0 Å². The van der Waals surface area contributed by atoms with Gasteiger partial charge in [0.1, 0.15) is 36.3 Å². The first kappa shape index (κ1) is 29.9. The Hall–Kier alpha value is -4.15. The normalized spacial score (nSPS) is 21.3. The number of nitrogens with zero attached hydrogens (tertiary/aromatic N) is 10. The fourth-order valence-corrected chi connectivity index (χ4v) is 5.98. The van der Waals surface area contributed by atoms with Gasteiger partial charge in [-0.05, 0) is 43.2 Å². The van der Waals surface area contributed by atoms with Crippen LogP contribution in [-0.4, -0.2) is 84.5 Å². The second-order valence-corrected chi connectivity index (χ2v) is 10.8. The molecule has 0 saturated carbocycles. The van der Waals surface area contributed by atoms with Crippen molar-refractivity contribution in [3.8, 4) is 17.1 Å². The summed E-state index contributed by atoms with van der Waals surface area (Å²) in [5, 5.41) is 26.6. The van der Waals surface area contributed by atoms with Crippen LogP contribution in [0.5, 0.6) is 0 Å². The number of fused-ring (bicyclic) bond motifs is 2. The van der Waals surface area contributed by atoms with Crippen molar-refractivity contribution in [1.82, 2.24) is 48.8 Å². The zero-order valence-electron chi connectivity index (χ0n) is 24.4. The van der Waals surface area contributed by atoms with Gasteiger partial charge in [-0.15, -0.1) is 0 Å². The maximum atomic E-state index is 9.19. The monoisotopic (exact) mass is 618 g/mol. The highest BCUT2D eigenvalue weighted by Crippen LogP contribution is 2.33. The topological polar surface area (TPSA) is 164 Å². The third-order valence-corrected chi connectivity index (χ3v) is 8.10. The van der Waals surface area contributed by atoms with Crippen LogP contribution in [0, 0.1) is 0 Å². The molecule has 8 heterocycles. The predicted molar refractivity (Wildman–Crippen MR) is 163 cm³/mol. The van der Waals surface area contributed by atoms with Gasteiger partial charge in [-0.25, -0.2) is 34.6 Å². The number of aliphatic hydroxyl groups is 2. The predicted octanol–water partition coefficient (Wildman–Crippen LogP) is 3.93. The largest absolute Gasteiger partial charge is 0.394 e. The second kappa shape index (κ2) is 13.7. The van der Waals surface area contributed by atoms with Crippen LogP contribution >= 0.6 is 11.3 Å². The summed E-state index contributed by atoms with van der Waals surface area (Å²) in [7, 11) is 0. The first-order chi connectivity index (χ1) is 21.7. The van der Waals surface area contributed by atoms with Crippen molar-refractivity contribution in [3.05, 3.63) is 60.6 Å². The Morgan fingerprint density at radius 1 is 0.818 bits per heavy atom. The van der Waals surface area contributed by atoms with E-state index in [0.717, 1.165) is 48.1 Å². The molecule has 2 N–H and O–H groups in total. The molecule has 6 aromatic heterocycles. The Balaban J connectivity index is 0.000000148. The molecule has 8 rings (SSSR count). The maximum Gasteiger partial charge on any atom is 0.184 e. The number of ether oxygens (including phenoxy) is 2. The number of rotatable bonds is 6. The van der Waals surface area contributed by atoms with Crippen molar-refractivity contribution in [2.75, 3.05) is 13.2 Å². The number of aromatic nitrogens is 10. The minimum absolute atomic E-state index is 0.0383. The Labute approximate surface area is 257 Å². The summed E-state index contributed by atoms with van der Waals surface area (Å²) in [4.78, 5) is 26.2. The zero-order valence-corrected chi connectivity index (χ0v) is 25.2. The zero-order chi connectivity index (χ0) is 30.5. The molecule has 15 heteroatoms. The van der Waals surface area contributed by atoms with Crippen molar-refractivity contribution in [2.45, 2.75) is 64.2 Å². The summed E-state index contributed by atoms with van der Waals surface area (Å²) in [5.74, 6) is 0.639. The van der Waals surface area contributed by atoms with E-state index in [1.165, 1.54) is 6.33 Å². The standard InChI is InChI=1S/C14H14N4O2S.C13H14N6O2.C2H6/c19-5-10-1-2-11(20-10)18-8-17-13-12(9-3-4-21-6-9)15-7-16-14(13)18;20-6-9-2-3-10(21-9)18-8-16-11-12(18)14-7-15-13(11)19-5-1-4-17-19;1-2/h3-4,6-8,10-11,19H,1-2,5H2;1,4-5,7-10,20H,2-3,6H2;1-2H3. The Bertz CT molecular complexity index is 1640. The lowest BCUT2D eigenvalue weighted by atomic mass is 10.2. The first-order valence-electron chi connectivity index (χ1n) is 14.6. The smallest absolute Gasteiger partial charge is 0.184 e. The SMILES string of the molecule is CC.OCC1CCC(n2cnc3c(-c4ccsc4)ncnc32)O1.OCC1CCC(n2cnc3c(-n4cccn4)ncnc32)O1. The van der Waals surface area contributed by atoms with Crippen molar-refractivity contribution in [1.29, 1.82) is 0 Å². The van der Waals surface area contributed by atoms with Crippen LogP contribution in [0.3, 0.4) is 0 Å². The Morgan fingerprint density at radius 2 is 1.45 bits per heavy atom. The first-order valence-corrected chi connectivity index (χ1v) is 15.6. The van der Waals surface area contributed by atoms with E-state index < -0.39 is 0 Å². The van der Waals surface area contributed by atoms with E-state index in [0.29, 0.717) is 17.0 Å². The summed E-state index contributed by atoms with van der Waals surface area (Å²) in [6.45, 7) is 4.09. The van der Waals surface area contributed by atoms with E-state index in [4.69, 9.17) is 9.47 Å². The third kappa shape index (κ3) is 5.84. The van der Waals surface area contributed by atoms with Crippen LogP contribution in [-0.2, 0) is 9.47 Å². The van der Waals surface area contributed by atoms with Crippen molar-refractivity contribution in [2.24, 2.45) is 0 Å².